The minimum Gasteiger partial charge on any atom is -0.756 e. The molecule has 0 aromatic rings. The van der Waals surface area contributed by atoms with Gasteiger partial charge >= 0.3 is 5.97 Å². The Hall–Kier alpha value is -3.59. The first-order chi connectivity index (χ1) is 38.9. The molecule has 0 fully saturated rings. The number of quaternary nitrogens is 1. The highest BCUT2D eigenvalue weighted by atomic mass is 31.2. The average molecular weight is 1130 g/mol. The molecule has 0 heterocycles. The summed E-state index contributed by atoms with van der Waals surface area (Å²) in [5.74, 6) is -0.571. The quantitative estimate of drug-likeness (QED) is 0.0161. The Balaban J connectivity index is 5.15. The Morgan fingerprint density at radius 2 is 0.863 bits per heavy atom. The first kappa shape index (κ1) is 76.4. The van der Waals surface area contributed by atoms with Crippen LogP contribution in [0.15, 0.2) is 122 Å². The summed E-state index contributed by atoms with van der Waals surface area (Å²) in [6.07, 6.45) is 81.7. The molecular weight excluding hydrogens is 1010 g/mol. The van der Waals surface area contributed by atoms with Gasteiger partial charge in [0.1, 0.15) is 19.3 Å². The molecule has 0 aromatic carbocycles. The smallest absolute Gasteiger partial charge is 0.306 e. The van der Waals surface area contributed by atoms with Gasteiger partial charge < -0.3 is 28.5 Å². The van der Waals surface area contributed by atoms with E-state index in [-0.39, 0.29) is 24.9 Å². The molecule has 1 amide bonds. The van der Waals surface area contributed by atoms with Crippen molar-refractivity contribution >= 4 is 19.7 Å². The predicted molar refractivity (Wildman–Crippen MR) is 343 cm³/mol. The van der Waals surface area contributed by atoms with Gasteiger partial charge in [0.25, 0.3) is 7.82 Å². The van der Waals surface area contributed by atoms with E-state index in [2.05, 4.69) is 135 Å². The second kappa shape index (κ2) is 58.6. The van der Waals surface area contributed by atoms with Crippen molar-refractivity contribution in [1.82, 2.24) is 5.32 Å². The van der Waals surface area contributed by atoms with Crippen molar-refractivity contribution in [2.24, 2.45) is 0 Å². The lowest BCUT2D eigenvalue weighted by atomic mass is 10.0. The number of nitrogens with zero attached hydrogens (tertiary/aromatic N) is 1. The van der Waals surface area contributed by atoms with Gasteiger partial charge in [-0.1, -0.05) is 265 Å². The lowest BCUT2D eigenvalue weighted by Crippen LogP contribution is -2.47. The number of unbranched alkanes of at least 4 members (excludes halogenated alkanes) is 25. The molecule has 0 aliphatic carbocycles. The Labute approximate surface area is 493 Å². The molecule has 0 aromatic heterocycles. The van der Waals surface area contributed by atoms with Crippen molar-refractivity contribution in [3.8, 4) is 0 Å². The van der Waals surface area contributed by atoms with E-state index in [1.54, 1.807) is 0 Å². The summed E-state index contributed by atoms with van der Waals surface area (Å²) in [5.41, 5.74) is 0. The van der Waals surface area contributed by atoms with E-state index in [9.17, 15) is 19.0 Å². The molecule has 80 heavy (non-hydrogen) atoms. The number of esters is 1. The molecule has 1 N–H and O–H groups in total. The van der Waals surface area contributed by atoms with Gasteiger partial charge in [0.05, 0.1) is 33.8 Å². The van der Waals surface area contributed by atoms with Crippen LogP contribution in [-0.4, -0.2) is 69.4 Å². The summed E-state index contributed by atoms with van der Waals surface area (Å²) < 4.78 is 30.3. The van der Waals surface area contributed by atoms with E-state index in [4.69, 9.17) is 13.8 Å². The van der Waals surface area contributed by atoms with Crippen molar-refractivity contribution in [1.29, 1.82) is 0 Å². The third-order valence-electron chi connectivity index (χ3n) is 13.7. The van der Waals surface area contributed by atoms with Gasteiger partial charge in [-0.3, -0.25) is 14.2 Å². The number of hydrogen-bond donors (Lipinski definition) is 1. The van der Waals surface area contributed by atoms with Crippen molar-refractivity contribution in [3.05, 3.63) is 122 Å². The minimum atomic E-state index is -4.71. The van der Waals surface area contributed by atoms with E-state index >= 15 is 0 Å². The van der Waals surface area contributed by atoms with Gasteiger partial charge in [-0.25, -0.2) is 0 Å². The van der Waals surface area contributed by atoms with Crippen LogP contribution in [0.5, 0.6) is 0 Å². The molecule has 458 valence electrons. The SMILES string of the molecule is CC/C=C\C/C=C\C/C=C\C/C=C\C/C=C\C/C=C\CCCCCCCCCCC(=O)OC(/C=C\CCCCCCCCCCCC)C(COP(=O)([O-])OCC[N+](C)(C)C)NC(=O)CCCCCCCCC/C=C/C=C/C=C/CC. The normalized spacial score (nSPS) is 14.4. The van der Waals surface area contributed by atoms with Crippen LogP contribution < -0.4 is 10.2 Å². The van der Waals surface area contributed by atoms with Gasteiger partial charge in [-0.05, 0) is 102 Å². The molecule has 0 saturated carbocycles. The fourth-order valence-electron chi connectivity index (χ4n) is 8.76. The van der Waals surface area contributed by atoms with Crippen LogP contribution in [0, 0.1) is 0 Å². The third kappa shape index (κ3) is 59.0. The molecule has 0 rings (SSSR count). The number of ether oxygens (including phenoxy) is 1. The number of hydrogen-bond acceptors (Lipinski definition) is 7. The Bertz CT molecular complexity index is 1780. The monoisotopic (exact) mass is 1130 g/mol. The van der Waals surface area contributed by atoms with Gasteiger partial charge in [0.15, 0.2) is 0 Å². The van der Waals surface area contributed by atoms with E-state index < -0.39 is 26.6 Å². The van der Waals surface area contributed by atoms with Crippen LogP contribution in [0.25, 0.3) is 0 Å². The summed E-state index contributed by atoms with van der Waals surface area (Å²) in [6, 6.07) is -0.906. The summed E-state index contributed by atoms with van der Waals surface area (Å²) in [4.78, 5) is 40.0. The van der Waals surface area contributed by atoms with E-state index in [0.29, 0.717) is 23.9 Å². The molecule has 0 aliphatic heterocycles. The lowest BCUT2D eigenvalue weighted by Gasteiger charge is -2.30. The summed E-state index contributed by atoms with van der Waals surface area (Å²) in [7, 11) is 1.15. The Kier molecular flexibility index (Phi) is 56.0. The predicted octanol–water partition coefficient (Wildman–Crippen LogP) is 19.6. The Morgan fingerprint density at radius 1 is 0.463 bits per heavy atom. The molecule has 0 spiro atoms. The number of phosphoric acid groups is 1. The Morgan fingerprint density at radius 3 is 1.34 bits per heavy atom. The number of carbonyl (C=O) groups is 2. The molecule has 0 bridgehead atoms. The van der Waals surface area contributed by atoms with E-state index in [1.807, 2.05) is 33.3 Å². The molecule has 0 radical (unpaired) electrons. The van der Waals surface area contributed by atoms with Gasteiger partial charge in [-0.2, -0.15) is 0 Å². The molecule has 9 nitrogen and oxygen atoms in total. The maximum atomic E-state index is 13.5. The molecule has 10 heteroatoms. The standard InChI is InChI=1S/C70H121N2O7P/c1-7-10-13-16-19-22-25-28-30-31-32-33-34-35-36-37-38-39-40-41-43-45-48-51-54-57-60-63-70(74)79-68(61-58-55-52-49-46-27-24-21-18-15-12-9-3)67(66-78-80(75,76)77-65-64-72(4,5)6)71-69(73)62-59-56-53-50-47-44-42-29-26-23-20-17-14-11-8-2/h10-11,13-14,17,19-20,22-23,26,28,30,32-33,35-36,38-39,58,61,67-68H,7-9,12,15-16,18,21,24-25,27,29,31,34,37,40-57,59-60,62-66H2,1-6H3,(H-,71,73,75,76)/b13-10-,14-11+,20-17+,22-19-,26-23+,30-28-,33-32-,36-35-,39-38-,61-58-. The number of carbonyl (C=O) groups excluding carboxylic acids is 2. The van der Waals surface area contributed by atoms with Crippen LogP contribution >= 0.6 is 7.82 Å². The number of amides is 1. The highest BCUT2D eigenvalue weighted by Crippen LogP contribution is 2.38. The van der Waals surface area contributed by atoms with Crippen LogP contribution in [0.1, 0.15) is 258 Å². The maximum absolute atomic E-state index is 13.5. The second-order valence-electron chi connectivity index (χ2n) is 22.6. The number of allylic oxidation sites excluding steroid dienone is 19. The van der Waals surface area contributed by atoms with Gasteiger partial charge in [0, 0.05) is 12.8 Å². The van der Waals surface area contributed by atoms with Crippen LogP contribution in [-0.2, 0) is 27.9 Å². The first-order valence-corrected chi connectivity index (χ1v) is 33.8. The number of rotatable bonds is 57. The number of nitrogens with one attached hydrogen (secondary N) is 1. The number of phosphoric ester groups is 1. The second-order valence-corrected chi connectivity index (χ2v) is 24.0. The highest BCUT2D eigenvalue weighted by Gasteiger charge is 2.27. The molecule has 3 atom stereocenters. The minimum absolute atomic E-state index is 0.0323. The van der Waals surface area contributed by atoms with Gasteiger partial charge in [0.2, 0.25) is 5.91 Å². The molecule has 0 aliphatic rings. The zero-order valence-corrected chi connectivity index (χ0v) is 53.1. The fraction of sp³-hybridized carbons (Fsp3) is 0.686. The van der Waals surface area contributed by atoms with Crippen LogP contribution in [0.4, 0.5) is 0 Å². The molecule has 3 unspecified atom stereocenters. The number of likely N-dealkylation sites (N-methyl/N-ethyl adjacent to an activating group) is 1. The van der Waals surface area contributed by atoms with E-state index in [1.165, 1.54) is 96.3 Å². The van der Waals surface area contributed by atoms with Crippen LogP contribution in [0.3, 0.4) is 0 Å². The third-order valence-corrected chi connectivity index (χ3v) is 14.7. The summed E-state index contributed by atoms with van der Waals surface area (Å²) >= 11 is 0. The zero-order chi connectivity index (χ0) is 58.6. The lowest BCUT2D eigenvalue weighted by molar-refractivity contribution is -0.870. The largest absolute Gasteiger partial charge is 0.756 e. The first-order valence-electron chi connectivity index (χ1n) is 32.4. The van der Waals surface area contributed by atoms with Crippen LogP contribution in [0.2, 0.25) is 0 Å². The van der Waals surface area contributed by atoms with E-state index in [0.717, 1.165) is 122 Å². The highest BCUT2D eigenvalue weighted by molar-refractivity contribution is 7.45. The van der Waals surface area contributed by atoms with Gasteiger partial charge in [-0.15, -0.1) is 0 Å². The zero-order valence-electron chi connectivity index (χ0n) is 52.2. The summed E-state index contributed by atoms with van der Waals surface area (Å²) in [5, 5.41) is 3.02. The van der Waals surface area contributed by atoms with Crippen molar-refractivity contribution in [3.63, 3.8) is 0 Å². The average Bonchev–Trinajstić information content (AvgIpc) is 3.43. The van der Waals surface area contributed by atoms with Crippen molar-refractivity contribution < 1.29 is 37.3 Å². The van der Waals surface area contributed by atoms with Crippen molar-refractivity contribution in [2.75, 3.05) is 40.9 Å². The maximum Gasteiger partial charge on any atom is 0.306 e. The molecular formula is C70H121N2O7P. The fourth-order valence-corrected chi connectivity index (χ4v) is 9.48. The summed E-state index contributed by atoms with van der Waals surface area (Å²) in [6.45, 7) is 6.57. The van der Waals surface area contributed by atoms with Crippen molar-refractivity contribution in [2.45, 2.75) is 270 Å². The topological polar surface area (TPSA) is 114 Å². The molecule has 0 saturated heterocycles.